The molecule has 0 aliphatic carbocycles. The molecule has 0 bridgehead atoms. The highest BCUT2D eigenvalue weighted by molar-refractivity contribution is 7.89. The molecular weight excluding hydrogens is 332 g/mol. The maximum Gasteiger partial charge on any atom is 0.289 e. The van der Waals surface area contributed by atoms with E-state index in [1.807, 2.05) is 0 Å². The Morgan fingerprint density at radius 3 is 2.75 bits per heavy atom. The number of nitrogens with one attached hydrogen (secondary N) is 1. The van der Waals surface area contributed by atoms with Gasteiger partial charge >= 0.3 is 0 Å². The minimum Gasteiger partial charge on any atom is -0.313 e. The van der Waals surface area contributed by atoms with Crippen LogP contribution in [0.2, 0.25) is 0 Å². The van der Waals surface area contributed by atoms with Crippen molar-refractivity contribution >= 4 is 15.7 Å². The van der Waals surface area contributed by atoms with Crippen LogP contribution >= 0.6 is 0 Å². The highest BCUT2D eigenvalue weighted by atomic mass is 32.2. The van der Waals surface area contributed by atoms with Crippen LogP contribution in [0.1, 0.15) is 11.6 Å². The molecule has 1 aliphatic heterocycles. The zero-order valence-electron chi connectivity index (χ0n) is 12.7. The summed E-state index contributed by atoms with van der Waals surface area (Å²) in [6, 6.07) is 8.49. The molecule has 1 aromatic carbocycles. The normalized spacial score (nSPS) is 19.1. The van der Waals surface area contributed by atoms with E-state index in [-0.39, 0.29) is 11.4 Å². The number of aromatic nitrogens is 1. The van der Waals surface area contributed by atoms with E-state index in [2.05, 4.69) is 10.3 Å². The van der Waals surface area contributed by atoms with Gasteiger partial charge in [-0.1, -0.05) is 18.2 Å². The van der Waals surface area contributed by atoms with Crippen LogP contribution in [0.25, 0.3) is 0 Å². The number of piperazine rings is 1. The van der Waals surface area contributed by atoms with E-state index < -0.39 is 26.7 Å². The van der Waals surface area contributed by atoms with Gasteiger partial charge in [-0.2, -0.15) is 4.31 Å². The molecule has 1 fully saturated rings. The average Bonchev–Trinajstić information content (AvgIpc) is 2.62. The first kappa shape index (κ1) is 16.5. The lowest BCUT2D eigenvalue weighted by atomic mass is 10.1. The molecule has 0 radical (unpaired) electrons. The Morgan fingerprint density at radius 2 is 2.04 bits per heavy atom. The second-order valence-corrected chi connectivity index (χ2v) is 7.21. The summed E-state index contributed by atoms with van der Waals surface area (Å²) in [6.45, 7) is 1.14. The molecule has 1 N–H and O–H groups in total. The highest BCUT2D eigenvalue weighted by Crippen LogP contribution is 2.32. The fourth-order valence-corrected chi connectivity index (χ4v) is 4.56. The number of hydrogen-bond acceptors (Lipinski definition) is 6. The van der Waals surface area contributed by atoms with Gasteiger partial charge in [0.25, 0.3) is 15.7 Å². The smallest absolute Gasteiger partial charge is 0.289 e. The SMILES string of the molecule is O=[N+]([O-])c1ccccc1S(=O)(=O)N1CCNCC1c1cccnc1. The van der Waals surface area contributed by atoms with Crippen LogP contribution in [0.4, 0.5) is 5.69 Å². The van der Waals surface area contributed by atoms with E-state index in [9.17, 15) is 18.5 Å². The Labute approximate surface area is 139 Å². The maximum absolute atomic E-state index is 13.1. The molecule has 1 unspecified atom stereocenters. The summed E-state index contributed by atoms with van der Waals surface area (Å²) in [5.74, 6) is 0. The lowest BCUT2D eigenvalue weighted by Gasteiger charge is -2.35. The van der Waals surface area contributed by atoms with Crippen molar-refractivity contribution in [2.45, 2.75) is 10.9 Å². The average molecular weight is 348 g/mol. The predicted molar refractivity (Wildman–Crippen MR) is 86.8 cm³/mol. The van der Waals surface area contributed by atoms with Crippen LogP contribution in [0, 0.1) is 10.1 Å². The Bertz CT molecular complexity index is 842. The largest absolute Gasteiger partial charge is 0.313 e. The predicted octanol–water partition coefficient (Wildman–Crippen LogP) is 1.33. The summed E-state index contributed by atoms with van der Waals surface area (Å²) in [5.41, 5.74) is 0.327. The van der Waals surface area contributed by atoms with Gasteiger partial charge in [-0.3, -0.25) is 15.1 Å². The van der Waals surface area contributed by atoms with Gasteiger partial charge in [0.2, 0.25) is 0 Å². The summed E-state index contributed by atoms with van der Waals surface area (Å²) in [6.07, 6.45) is 3.22. The number of para-hydroxylation sites is 1. The summed E-state index contributed by atoms with van der Waals surface area (Å²) < 4.78 is 27.4. The van der Waals surface area contributed by atoms with Crippen molar-refractivity contribution in [3.8, 4) is 0 Å². The molecule has 1 aliphatic rings. The third-order valence-electron chi connectivity index (χ3n) is 3.91. The monoisotopic (exact) mass is 348 g/mol. The molecule has 2 aromatic rings. The molecule has 24 heavy (non-hydrogen) atoms. The first-order chi connectivity index (χ1) is 11.5. The molecule has 0 spiro atoms. The van der Waals surface area contributed by atoms with Crippen LogP contribution in [0.3, 0.4) is 0 Å². The van der Waals surface area contributed by atoms with Gasteiger partial charge in [0.1, 0.15) is 0 Å². The summed E-state index contributed by atoms with van der Waals surface area (Å²) in [5, 5.41) is 14.4. The number of nitro groups is 1. The highest BCUT2D eigenvalue weighted by Gasteiger charge is 2.37. The molecule has 0 amide bonds. The topological polar surface area (TPSA) is 105 Å². The second-order valence-electron chi connectivity index (χ2n) is 5.35. The van der Waals surface area contributed by atoms with Crippen LogP contribution in [0.5, 0.6) is 0 Å². The fourth-order valence-electron chi connectivity index (χ4n) is 2.78. The summed E-state index contributed by atoms with van der Waals surface area (Å²) in [4.78, 5) is 14.3. The quantitative estimate of drug-likeness (QED) is 0.660. The van der Waals surface area contributed by atoms with Crippen molar-refractivity contribution in [2.24, 2.45) is 0 Å². The number of pyridine rings is 1. The van der Waals surface area contributed by atoms with Gasteiger partial charge in [0.05, 0.1) is 11.0 Å². The molecule has 9 heteroatoms. The first-order valence-electron chi connectivity index (χ1n) is 7.38. The van der Waals surface area contributed by atoms with Crippen LogP contribution in [-0.2, 0) is 10.0 Å². The van der Waals surface area contributed by atoms with E-state index in [1.54, 1.807) is 24.5 Å². The van der Waals surface area contributed by atoms with E-state index in [4.69, 9.17) is 0 Å². The number of rotatable bonds is 4. The Hall–Kier alpha value is -2.36. The van der Waals surface area contributed by atoms with Crippen molar-refractivity contribution in [1.29, 1.82) is 0 Å². The molecule has 126 valence electrons. The molecule has 1 saturated heterocycles. The fraction of sp³-hybridized carbons (Fsp3) is 0.267. The zero-order chi connectivity index (χ0) is 17.2. The summed E-state index contributed by atoms with van der Waals surface area (Å²) in [7, 11) is -4.01. The van der Waals surface area contributed by atoms with Crippen LogP contribution in [0.15, 0.2) is 53.7 Å². The van der Waals surface area contributed by atoms with Crippen molar-refractivity contribution in [2.75, 3.05) is 19.6 Å². The maximum atomic E-state index is 13.1. The van der Waals surface area contributed by atoms with E-state index in [1.165, 1.54) is 28.6 Å². The second kappa shape index (κ2) is 6.63. The van der Waals surface area contributed by atoms with Crippen molar-refractivity contribution in [1.82, 2.24) is 14.6 Å². The van der Waals surface area contributed by atoms with Crippen LogP contribution in [-0.4, -0.2) is 42.3 Å². The first-order valence-corrected chi connectivity index (χ1v) is 8.82. The van der Waals surface area contributed by atoms with Crippen molar-refractivity contribution < 1.29 is 13.3 Å². The minimum atomic E-state index is -4.01. The molecule has 2 heterocycles. The number of nitro benzene ring substituents is 1. The molecular formula is C15H16N4O4S. The van der Waals surface area contributed by atoms with E-state index >= 15 is 0 Å². The van der Waals surface area contributed by atoms with Gasteiger partial charge in [-0.05, 0) is 17.7 Å². The Balaban J connectivity index is 2.06. The lowest BCUT2D eigenvalue weighted by Crippen LogP contribution is -2.48. The number of sulfonamides is 1. The van der Waals surface area contributed by atoms with Crippen molar-refractivity contribution in [3.05, 3.63) is 64.5 Å². The van der Waals surface area contributed by atoms with Crippen molar-refractivity contribution in [3.63, 3.8) is 0 Å². The summed E-state index contributed by atoms with van der Waals surface area (Å²) >= 11 is 0. The molecule has 0 saturated carbocycles. The Kier molecular flexibility index (Phi) is 4.56. The van der Waals surface area contributed by atoms with Gasteiger partial charge in [0.15, 0.2) is 4.90 Å². The van der Waals surface area contributed by atoms with Gasteiger partial charge in [-0.25, -0.2) is 8.42 Å². The van der Waals surface area contributed by atoms with E-state index in [0.29, 0.717) is 13.1 Å². The van der Waals surface area contributed by atoms with E-state index in [0.717, 1.165) is 5.56 Å². The standard InChI is InChI=1S/C15H16N4O4S/c20-19(21)13-5-1-2-6-15(13)24(22,23)18-9-8-17-11-14(18)12-4-3-7-16-10-12/h1-7,10,14,17H,8-9,11H2. The zero-order valence-corrected chi connectivity index (χ0v) is 13.5. The Morgan fingerprint density at radius 1 is 1.25 bits per heavy atom. The lowest BCUT2D eigenvalue weighted by molar-refractivity contribution is -0.387. The van der Waals surface area contributed by atoms with Gasteiger partial charge in [-0.15, -0.1) is 0 Å². The van der Waals surface area contributed by atoms with Crippen LogP contribution < -0.4 is 5.32 Å². The van der Waals surface area contributed by atoms with Gasteiger partial charge in [0, 0.05) is 38.1 Å². The molecule has 1 aromatic heterocycles. The number of hydrogen-bond donors (Lipinski definition) is 1. The number of benzene rings is 1. The third kappa shape index (κ3) is 3.01. The number of nitrogens with zero attached hydrogens (tertiary/aromatic N) is 3. The van der Waals surface area contributed by atoms with Gasteiger partial charge < -0.3 is 5.32 Å². The molecule has 1 atom stereocenters. The molecule has 3 rings (SSSR count). The minimum absolute atomic E-state index is 0.230. The molecule has 8 nitrogen and oxygen atoms in total. The third-order valence-corrected chi connectivity index (χ3v) is 5.87.